The highest BCUT2D eigenvalue weighted by Gasteiger charge is 2.48. The molecule has 0 radical (unpaired) electrons. The van der Waals surface area contributed by atoms with Gasteiger partial charge in [0.15, 0.2) is 0 Å². The minimum Gasteiger partial charge on any atom is -0.394 e. The largest absolute Gasteiger partial charge is 0.394 e. The van der Waals surface area contributed by atoms with E-state index in [1.54, 1.807) is 12.4 Å². The summed E-state index contributed by atoms with van der Waals surface area (Å²) < 4.78 is 0. The summed E-state index contributed by atoms with van der Waals surface area (Å²) in [5, 5.41) is 10.3. The third-order valence-corrected chi connectivity index (χ3v) is 8.28. The van der Waals surface area contributed by atoms with Crippen molar-refractivity contribution in [3.8, 4) is 11.8 Å². The van der Waals surface area contributed by atoms with Gasteiger partial charge in [-0.25, -0.2) is 0 Å². The first kappa shape index (κ1) is 22.2. The van der Waals surface area contributed by atoms with Gasteiger partial charge in [-0.1, -0.05) is 37.5 Å². The van der Waals surface area contributed by atoms with Crippen LogP contribution in [0.2, 0.25) is 0 Å². The smallest absolute Gasteiger partial charge is 0.139 e. The van der Waals surface area contributed by atoms with Crippen molar-refractivity contribution in [3.05, 3.63) is 59.4 Å². The maximum absolute atomic E-state index is 13.8. The van der Waals surface area contributed by atoms with Crippen LogP contribution in [0.1, 0.15) is 74.0 Å². The Balaban J connectivity index is 1.53. The van der Waals surface area contributed by atoms with Gasteiger partial charge < -0.3 is 10.0 Å². The number of nitrogens with zero attached hydrogens (tertiary/aromatic N) is 2. The Hall–Kier alpha value is -2.64. The standard InChI is InChI=1S/C29H34N2O2/c1-31-26-15-14-20(12-13-21-7-6-16-30-18-21)17-25(26)28-23(27(31)19-32)10-5-11-24(28)29(33)22-8-3-2-4-9-22/h6-7,14-18,22-24,27-28,32H,2-5,8-11,19H2,1H3/t23-,24?,27+,28+/m0/s1. The van der Waals surface area contributed by atoms with Crippen LogP contribution in [0.25, 0.3) is 0 Å². The number of aliphatic hydroxyl groups is 1. The predicted octanol–water partition coefficient (Wildman–Crippen LogP) is 4.94. The lowest BCUT2D eigenvalue weighted by Crippen LogP contribution is -2.51. The van der Waals surface area contributed by atoms with Gasteiger partial charge in [0.25, 0.3) is 0 Å². The number of hydrogen-bond acceptors (Lipinski definition) is 4. The lowest BCUT2D eigenvalue weighted by atomic mass is 9.61. The SMILES string of the molecule is CN1c2ccc(C#Cc3cccnc3)cc2[C@H]2C(C(=O)C3CCCCC3)CCC[C@H]2[C@H]1CO. The molecule has 1 aromatic heterocycles. The minimum atomic E-state index is 0.0647. The molecule has 1 aromatic carbocycles. The van der Waals surface area contributed by atoms with Crippen LogP contribution in [0.5, 0.6) is 0 Å². The van der Waals surface area contributed by atoms with Crippen molar-refractivity contribution in [3.63, 3.8) is 0 Å². The molecule has 0 spiro atoms. The second kappa shape index (κ2) is 9.69. The maximum Gasteiger partial charge on any atom is 0.139 e. The summed E-state index contributed by atoms with van der Waals surface area (Å²) in [6.07, 6.45) is 12.4. The Bertz CT molecular complexity index is 1050. The molecule has 2 aliphatic carbocycles. The highest BCUT2D eigenvalue weighted by atomic mass is 16.3. The molecule has 0 bridgehead atoms. The Morgan fingerprint density at radius 3 is 2.64 bits per heavy atom. The number of benzene rings is 1. The van der Waals surface area contributed by atoms with E-state index in [9.17, 15) is 9.90 Å². The fourth-order valence-corrected chi connectivity index (χ4v) is 6.64. The number of carbonyl (C=O) groups excluding carboxylic acids is 1. The molecule has 2 saturated carbocycles. The van der Waals surface area contributed by atoms with Crippen molar-refractivity contribution in [2.24, 2.45) is 17.8 Å². The molecule has 3 aliphatic rings. The lowest BCUT2D eigenvalue weighted by molar-refractivity contribution is -0.130. The molecule has 4 nitrogen and oxygen atoms in total. The van der Waals surface area contributed by atoms with Crippen LogP contribution < -0.4 is 4.90 Å². The average Bonchev–Trinajstić information content (AvgIpc) is 2.88. The molecule has 4 heteroatoms. The van der Waals surface area contributed by atoms with Crippen LogP contribution in [-0.2, 0) is 4.79 Å². The zero-order valence-electron chi connectivity index (χ0n) is 19.5. The van der Waals surface area contributed by atoms with Crippen LogP contribution in [0.3, 0.4) is 0 Å². The zero-order chi connectivity index (χ0) is 22.8. The third-order valence-electron chi connectivity index (χ3n) is 8.28. The fourth-order valence-electron chi connectivity index (χ4n) is 6.64. The number of aliphatic hydroxyl groups excluding tert-OH is 1. The molecule has 5 rings (SSSR count). The van der Waals surface area contributed by atoms with Gasteiger partial charge in [0.1, 0.15) is 5.78 Å². The van der Waals surface area contributed by atoms with E-state index < -0.39 is 0 Å². The van der Waals surface area contributed by atoms with Gasteiger partial charge in [0.2, 0.25) is 0 Å². The van der Waals surface area contributed by atoms with Crippen LogP contribution in [-0.4, -0.2) is 35.6 Å². The number of rotatable bonds is 3. The van der Waals surface area contributed by atoms with Crippen LogP contribution in [0, 0.1) is 29.6 Å². The molecule has 0 saturated heterocycles. The van der Waals surface area contributed by atoms with Gasteiger partial charge in [0, 0.05) is 54.0 Å². The van der Waals surface area contributed by atoms with E-state index in [4.69, 9.17) is 0 Å². The van der Waals surface area contributed by atoms with Crippen molar-refractivity contribution in [1.29, 1.82) is 0 Å². The average molecular weight is 443 g/mol. The molecule has 2 heterocycles. The molecule has 2 aromatic rings. The van der Waals surface area contributed by atoms with E-state index in [0.29, 0.717) is 11.7 Å². The summed E-state index contributed by atoms with van der Waals surface area (Å²) >= 11 is 0. The molecule has 1 aliphatic heterocycles. The highest BCUT2D eigenvalue weighted by molar-refractivity contribution is 5.85. The van der Waals surface area contributed by atoms with E-state index in [0.717, 1.165) is 48.9 Å². The number of Topliss-reactive ketones (excluding diaryl/α,β-unsaturated/α-hetero) is 1. The Kier molecular flexibility index (Phi) is 6.51. The van der Waals surface area contributed by atoms with Crippen molar-refractivity contribution in [2.75, 3.05) is 18.6 Å². The van der Waals surface area contributed by atoms with Crippen LogP contribution in [0.15, 0.2) is 42.7 Å². The van der Waals surface area contributed by atoms with Crippen molar-refractivity contribution < 1.29 is 9.90 Å². The van der Waals surface area contributed by atoms with E-state index in [1.165, 1.54) is 24.8 Å². The second-order valence-electron chi connectivity index (χ2n) is 10.1. The molecule has 1 unspecified atom stereocenters. The Labute approximate surface area is 197 Å². The number of anilines is 1. The number of hydrogen-bond donors (Lipinski definition) is 1. The summed E-state index contributed by atoms with van der Waals surface area (Å²) in [5.41, 5.74) is 4.26. The van der Waals surface area contributed by atoms with Gasteiger partial charge in [-0.15, -0.1) is 0 Å². The van der Waals surface area contributed by atoms with Crippen molar-refractivity contribution >= 4 is 11.5 Å². The van der Waals surface area contributed by atoms with Gasteiger partial charge in [-0.05, 0) is 67.5 Å². The summed E-state index contributed by atoms with van der Waals surface area (Å²) in [7, 11) is 2.09. The summed E-state index contributed by atoms with van der Waals surface area (Å²) in [6, 6.07) is 10.3. The highest BCUT2D eigenvalue weighted by Crippen LogP contribution is 2.52. The number of likely N-dealkylation sites (N-methyl/N-ethyl adjacent to an activating group) is 1. The number of carbonyl (C=O) groups is 1. The van der Waals surface area contributed by atoms with Gasteiger partial charge in [-0.2, -0.15) is 0 Å². The fraction of sp³-hybridized carbons (Fsp3) is 0.517. The summed E-state index contributed by atoms with van der Waals surface area (Å²) in [6.45, 7) is 0.129. The molecule has 2 fully saturated rings. The molecule has 0 amide bonds. The number of pyridine rings is 1. The normalized spacial score (nSPS) is 27.2. The third kappa shape index (κ3) is 4.32. The molecule has 4 atom stereocenters. The Morgan fingerprint density at radius 2 is 1.88 bits per heavy atom. The molecular formula is C29H34N2O2. The van der Waals surface area contributed by atoms with E-state index in [-0.39, 0.29) is 30.4 Å². The topological polar surface area (TPSA) is 53.4 Å². The van der Waals surface area contributed by atoms with Crippen molar-refractivity contribution in [1.82, 2.24) is 4.98 Å². The second-order valence-corrected chi connectivity index (χ2v) is 10.1. The molecule has 33 heavy (non-hydrogen) atoms. The zero-order valence-corrected chi connectivity index (χ0v) is 19.5. The first-order chi connectivity index (χ1) is 16.2. The number of aromatic nitrogens is 1. The molecule has 172 valence electrons. The predicted molar refractivity (Wildman–Crippen MR) is 131 cm³/mol. The molecule has 1 N–H and O–H groups in total. The first-order valence-corrected chi connectivity index (χ1v) is 12.6. The molecular weight excluding hydrogens is 408 g/mol. The quantitative estimate of drug-likeness (QED) is 0.684. The maximum atomic E-state index is 13.8. The van der Waals surface area contributed by atoms with Crippen LogP contribution >= 0.6 is 0 Å². The van der Waals surface area contributed by atoms with E-state index in [2.05, 4.69) is 47.0 Å². The summed E-state index contributed by atoms with van der Waals surface area (Å²) in [5.74, 6) is 7.80. The monoisotopic (exact) mass is 442 g/mol. The summed E-state index contributed by atoms with van der Waals surface area (Å²) in [4.78, 5) is 20.2. The van der Waals surface area contributed by atoms with Gasteiger partial charge >= 0.3 is 0 Å². The minimum absolute atomic E-state index is 0.0647. The van der Waals surface area contributed by atoms with E-state index in [1.807, 2.05) is 12.1 Å². The first-order valence-electron chi connectivity index (χ1n) is 12.6. The van der Waals surface area contributed by atoms with Gasteiger partial charge in [0.05, 0.1) is 12.6 Å². The lowest BCUT2D eigenvalue weighted by Gasteiger charge is -2.50. The van der Waals surface area contributed by atoms with E-state index >= 15 is 0 Å². The Morgan fingerprint density at radius 1 is 1.06 bits per heavy atom. The van der Waals surface area contributed by atoms with Crippen LogP contribution in [0.4, 0.5) is 5.69 Å². The number of fused-ring (bicyclic) bond motifs is 3. The van der Waals surface area contributed by atoms with Gasteiger partial charge in [-0.3, -0.25) is 9.78 Å². The number of ketones is 1. The van der Waals surface area contributed by atoms with Crippen molar-refractivity contribution in [2.45, 2.75) is 63.3 Å².